The summed E-state index contributed by atoms with van der Waals surface area (Å²) in [6.07, 6.45) is 2.83. The molecule has 0 saturated heterocycles. The van der Waals surface area contributed by atoms with Crippen LogP contribution in [0.4, 0.5) is 5.82 Å². The third-order valence-electron chi connectivity index (χ3n) is 3.03. The topological polar surface area (TPSA) is 57.8 Å². The maximum absolute atomic E-state index is 12.2. The van der Waals surface area contributed by atoms with Gasteiger partial charge in [-0.25, -0.2) is 0 Å². The Hall–Kier alpha value is -2.10. The van der Waals surface area contributed by atoms with Gasteiger partial charge in [0, 0.05) is 17.3 Å². The Morgan fingerprint density at radius 1 is 1.32 bits per heavy atom. The molecule has 4 nitrogen and oxygen atoms in total. The van der Waals surface area contributed by atoms with E-state index in [0.29, 0.717) is 11.4 Å². The van der Waals surface area contributed by atoms with Crippen LogP contribution in [0.15, 0.2) is 30.3 Å². The number of carbonyl (C=O) groups is 1. The monoisotopic (exact) mass is 257 g/mol. The van der Waals surface area contributed by atoms with Crippen molar-refractivity contribution in [3.8, 4) is 0 Å². The Kier molecular flexibility index (Phi) is 4.34. The van der Waals surface area contributed by atoms with Crippen LogP contribution in [-0.2, 0) is 12.8 Å². The summed E-state index contributed by atoms with van der Waals surface area (Å²) in [4.78, 5) is 12.2. The summed E-state index contributed by atoms with van der Waals surface area (Å²) >= 11 is 0. The van der Waals surface area contributed by atoms with Gasteiger partial charge in [-0.05, 0) is 24.5 Å². The number of carbonyl (C=O) groups excluding carboxylic acids is 1. The summed E-state index contributed by atoms with van der Waals surface area (Å²) in [7, 11) is 0. The van der Waals surface area contributed by atoms with Crippen molar-refractivity contribution in [3.05, 3.63) is 47.2 Å². The highest BCUT2D eigenvalue weighted by Crippen LogP contribution is 2.13. The number of aromatic nitrogens is 2. The highest BCUT2D eigenvalue weighted by molar-refractivity contribution is 6.04. The SMILES string of the molecule is CCCc1cc(NC(=O)c2ccccc2CC)n[nH]1. The Labute approximate surface area is 113 Å². The summed E-state index contributed by atoms with van der Waals surface area (Å²) in [6, 6.07) is 9.52. The first kappa shape index (κ1) is 13.3. The first-order valence-electron chi connectivity index (χ1n) is 6.68. The largest absolute Gasteiger partial charge is 0.305 e. The van der Waals surface area contributed by atoms with E-state index < -0.39 is 0 Å². The molecule has 2 rings (SSSR count). The van der Waals surface area contributed by atoms with Crippen LogP contribution in [-0.4, -0.2) is 16.1 Å². The van der Waals surface area contributed by atoms with Crippen molar-refractivity contribution in [2.24, 2.45) is 0 Å². The minimum absolute atomic E-state index is 0.105. The molecule has 0 aliphatic rings. The van der Waals surface area contributed by atoms with Crippen molar-refractivity contribution in [2.45, 2.75) is 33.1 Å². The van der Waals surface area contributed by atoms with Crippen molar-refractivity contribution in [1.29, 1.82) is 0 Å². The fourth-order valence-electron chi connectivity index (χ4n) is 2.06. The molecule has 100 valence electrons. The molecule has 1 aromatic carbocycles. The van der Waals surface area contributed by atoms with Crippen LogP contribution >= 0.6 is 0 Å². The Morgan fingerprint density at radius 2 is 2.11 bits per heavy atom. The molecule has 0 saturated carbocycles. The average molecular weight is 257 g/mol. The highest BCUT2D eigenvalue weighted by Gasteiger charge is 2.11. The number of benzene rings is 1. The van der Waals surface area contributed by atoms with Crippen LogP contribution in [0.5, 0.6) is 0 Å². The second-order valence-corrected chi connectivity index (χ2v) is 4.49. The van der Waals surface area contributed by atoms with E-state index in [0.717, 1.165) is 30.5 Å². The van der Waals surface area contributed by atoms with Gasteiger partial charge >= 0.3 is 0 Å². The average Bonchev–Trinajstić information content (AvgIpc) is 2.86. The van der Waals surface area contributed by atoms with Crippen LogP contribution < -0.4 is 5.32 Å². The van der Waals surface area contributed by atoms with Crippen molar-refractivity contribution < 1.29 is 4.79 Å². The molecule has 0 unspecified atom stereocenters. The number of hydrogen-bond donors (Lipinski definition) is 2. The number of rotatable bonds is 5. The van der Waals surface area contributed by atoms with Gasteiger partial charge in [-0.3, -0.25) is 9.89 Å². The van der Waals surface area contributed by atoms with Crippen molar-refractivity contribution in [1.82, 2.24) is 10.2 Å². The van der Waals surface area contributed by atoms with Gasteiger partial charge < -0.3 is 5.32 Å². The van der Waals surface area contributed by atoms with E-state index in [-0.39, 0.29) is 5.91 Å². The van der Waals surface area contributed by atoms with Gasteiger partial charge in [0.15, 0.2) is 5.82 Å². The first-order valence-corrected chi connectivity index (χ1v) is 6.68. The third-order valence-corrected chi connectivity index (χ3v) is 3.03. The molecule has 19 heavy (non-hydrogen) atoms. The fourth-order valence-corrected chi connectivity index (χ4v) is 2.06. The van der Waals surface area contributed by atoms with E-state index in [4.69, 9.17) is 0 Å². The smallest absolute Gasteiger partial charge is 0.257 e. The lowest BCUT2D eigenvalue weighted by Crippen LogP contribution is -2.14. The highest BCUT2D eigenvalue weighted by atomic mass is 16.1. The van der Waals surface area contributed by atoms with Crippen molar-refractivity contribution in [2.75, 3.05) is 5.32 Å². The molecule has 0 radical (unpaired) electrons. The third kappa shape index (κ3) is 3.22. The number of H-pyrrole nitrogens is 1. The summed E-state index contributed by atoms with van der Waals surface area (Å²) < 4.78 is 0. The second-order valence-electron chi connectivity index (χ2n) is 4.49. The molecule has 0 bridgehead atoms. The Balaban J connectivity index is 2.11. The summed E-state index contributed by atoms with van der Waals surface area (Å²) in [6.45, 7) is 4.15. The van der Waals surface area contributed by atoms with E-state index in [1.54, 1.807) is 0 Å². The van der Waals surface area contributed by atoms with Gasteiger partial charge in [0.25, 0.3) is 5.91 Å². The van der Waals surface area contributed by atoms with Gasteiger partial charge in [-0.15, -0.1) is 0 Å². The van der Waals surface area contributed by atoms with E-state index in [1.165, 1.54) is 0 Å². The molecular weight excluding hydrogens is 238 g/mol. The summed E-state index contributed by atoms with van der Waals surface area (Å²) in [5.41, 5.74) is 2.80. The quantitative estimate of drug-likeness (QED) is 0.864. The molecule has 2 aromatic rings. The fraction of sp³-hybridized carbons (Fsp3) is 0.333. The number of nitrogens with zero attached hydrogens (tertiary/aromatic N) is 1. The molecule has 4 heteroatoms. The van der Waals surface area contributed by atoms with Crippen LogP contribution in [0.2, 0.25) is 0 Å². The molecule has 0 spiro atoms. The number of nitrogens with one attached hydrogen (secondary N) is 2. The number of anilines is 1. The van der Waals surface area contributed by atoms with E-state index in [2.05, 4.69) is 22.4 Å². The van der Waals surface area contributed by atoms with Crippen molar-refractivity contribution in [3.63, 3.8) is 0 Å². The second kappa shape index (κ2) is 6.18. The molecule has 0 aliphatic heterocycles. The first-order chi connectivity index (χ1) is 9.24. The maximum Gasteiger partial charge on any atom is 0.257 e. The van der Waals surface area contributed by atoms with Crippen LogP contribution in [0.25, 0.3) is 0 Å². The van der Waals surface area contributed by atoms with Gasteiger partial charge in [-0.1, -0.05) is 38.5 Å². The maximum atomic E-state index is 12.2. The molecule has 1 aromatic heterocycles. The lowest BCUT2D eigenvalue weighted by atomic mass is 10.0. The molecule has 0 fully saturated rings. The van der Waals surface area contributed by atoms with Gasteiger partial charge in [0.05, 0.1) is 0 Å². The molecule has 0 atom stereocenters. The lowest BCUT2D eigenvalue weighted by molar-refractivity contribution is 0.102. The Morgan fingerprint density at radius 3 is 2.84 bits per heavy atom. The van der Waals surface area contributed by atoms with E-state index in [1.807, 2.05) is 37.3 Å². The minimum atomic E-state index is -0.105. The van der Waals surface area contributed by atoms with Gasteiger partial charge in [-0.2, -0.15) is 5.10 Å². The summed E-state index contributed by atoms with van der Waals surface area (Å²) in [5, 5.41) is 9.86. The van der Waals surface area contributed by atoms with Gasteiger partial charge in [0.1, 0.15) is 0 Å². The molecule has 1 heterocycles. The van der Waals surface area contributed by atoms with Crippen LogP contribution in [0.1, 0.15) is 41.9 Å². The van der Waals surface area contributed by atoms with Crippen molar-refractivity contribution >= 4 is 11.7 Å². The number of hydrogen-bond acceptors (Lipinski definition) is 2. The zero-order valence-electron chi connectivity index (χ0n) is 11.4. The predicted octanol–water partition coefficient (Wildman–Crippen LogP) is 3.18. The summed E-state index contributed by atoms with van der Waals surface area (Å²) in [5.74, 6) is 0.478. The van der Waals surface area contributed by atoms with Crippen LogP contribution in [0, 0.1) is 0 Å². The van der Waals surface area contributed by atoms with E-state index >= 15 is 0 Å². The van der Waals surface area contributed by atoms with E-state index in [9.17, 15) is 4.79 Å². The Bertz CT molecular complexity index is 560. The zero-order chi connectivity index (χ0) is 13.7. The van der Waals surface area contributed by atoms with Gasteiger partial charge in [0.2, 0.25) is 0 Å². The molecule has 2 N–H and O–H groups in total. The predicted molar refractivity (Wildman–Crippen MR) is 76.4 cm³/mol. The minimum Gasteiger partial charge on any atom is -0.305 e. The molecule has 1 amide bonds. The number of aryl methyl sites for hydroxylation is 2. The normalized spacial score (nSPS) is 10.4. The molecule has 0 aliphatic carbocycles. The number of aromatic amines is 1. The molecular formula is C15H19N3O. The standard InChI is InChI=1S/C15H19N3O/c1-3-7-12-10-14(18-17-12)16-15(19)13-9-6-5-8-11(13)4-2/h5-6,8-10H,3-4,7H2,1-2H3,(H2,16,17,18,19). The van der Waals surface area contributed by atoms with Crippen LogP contribution in [0.3, 0.4) is 0 Å². The number of amides is 1. The zero-order valence-corrected chi connectivity index (χ0v) is 11.4. The lowest BCUT2D eigenvalue weighted by Gasteiger charge is -2.06.